The van der Waals surface area contributed by atoms with E-state index in [2.05, 4.69) is 43.9 Å². The van der Waals surface area contributed by atoms with Crippen molar-refractivity contribution in [1.29, 1.82) is 0 Å². The average Bonchev–Trinajstić information content (AvgIpc) is 3.29. The van der Waals surface area contributed by atoms with Crippen molar-refractivity contribution in [3.05, 3.63) is 89.1 Å². The molecule has 3 aromatic carbocycles. The number of hydrogen-bond acceptors (Lipinski definition) is 7. The van der Waals surface area contributed by atoms with Crippen molar-refractivity contribution >= 4 is 28.4 Å². The van der Waals surface area contributed by atoms with Crippen molar-refractivity contribution in [2.75, 3.05) is 24.3 Å². The first-order valence-corrected chi connectivity index (χ1v) is 10.7. The van der Waals surface area contributed by atoms with Gasteiger partial charge in [-0.05, 0) is 39.9 Å². The number of aromatic nitrogens is 4. The maximum Gasteiger partial charge on any atom is 0.338 e. The lowest BCUT2D eigenvalue weighted by atomic mass is 9.91. The van der Waals surface area contributed by atoms with Gasteiger partial charge < -0.3 is 15.0 Å². The molecule has 0 fully saturated rings. The molecule has 33 heavy (non-hydrogen) atoms. The van der Waals surface area contributed by atoms with Gasteiger partial charge in [-0.2, -0.15) is 4.68 Å². The van der Waals surface area contributed by atoms with Gasteiger partial charge in [-0.3, -0.25) is 0 Å². The van der Waals surface area contributed by atoms with Gasteiger partial charge in [0.05, 0.1) is 5.57 Å². The summed E-state index contributed by atoms with van der Waals surface area (Å²) in [5, 5.41) is 17.4. The number of benzene rings is 3. The molecular formula is C25H24N6O2. The van der Waals surface area contributed by atoms with Gasteiger partial charge in [-0.1, -0.05) is 65.8 Å². The normalized spacial score (nSPS) is 15.2. The highest BCUT2D eigenvalue weighted by Gasteiger charge is 2.36. The van der Waals surface area contributed by atoms with Gasteiger partial charge >= 0.3 is 5.97 Å². The Bertz CT molecular complexity index is 1360. The first-order chi connectivity index (χ1) is 16.0. The number of anilines is 2. The van der Waals surface area contributed by atoms with Crippen LogP contribution < -0.4 is 10.2 Å². The third-order valence-corrected chi connectivity index (χ3v) is 5.86. The molecule has 1 N–H and O–H groups in total. The fourth-order valence-corrected chi connectivity index (χ4v) is 4.30. The zero-order valence-electron chi connectivity index (χ0n) is 18.7. The fourth-order valence-electron chi connectivity index (χ4n) is 4.30. The van der Waals surface area contributed by atoms with Crippen molar-refractivity contribution in [1.82, 2.24) is 20.2 Å². The molecule has 1 atom stereocenters. The van der Waals surface area contributed by atoms with Crippen molar-refractivity contribution in [3.8, 4) is 0 Å². The number of nitrogens with one attached hydrogen (secondary N) is 1. The Morgan fingerprint density at radius 1 is 1.03 bits per heavy atom. The van der Waals surface area contributed by atoms with Gasteiger partial charge in [0, 0.05) is 30.9 Å². The Hall–Kier alpha value is -4.20. The first-order valence-electron chi connectivity index (χ1n) is 10.7. The quantitative estimate of drug-likeness (QED) is 0.471. The Labute approximate surface area is 191 Å². The van der Waals surface area contributed by atoms with Crippen molar-refractivity contribution in [2.45, 2.75) is 19.6 Å². The monoisotopic (exact) mass is 440 g/mol. The second-order valence-electron chi connectivity index (χ2n) is 8.19. The highest BCUT2D eigenvalue weighted by atomic mass is 16.5. The number of tetrazole rings is 1. The van der Waals surface area contributed by atoms with Crippen LogP contribution in [-0.4, -0.2) is 40.3 Å². The first kappa shape index (κ1) is 20.7. The topological polar surface area (TPSA) is 85.2 Å². The van der Waals surface area contributed by atoms with Crippen LogP contribution in [0.5, 0.6) is 0 Å². The summed E-state index contributed by atoms with van der Waals surface area (Å²) in [6.45, 7) is 2.03. The van der Waals surface area contributed by atoms with Gasteiger partial charge in [-0.25, -0.2) is 4.79 Å². The van der Waals surface area contributed by atoms with E-state index in [0.717, 1.165) is 27.6 Å². The number of hydrogen-bond donors (Lipinski definition) is 1. The predicted octanol–water partition coefficient (Wildman–Crippen LogP) is 3.92. The van der Waals surface area contributed by atoms with Crippen LogP contribution in [0.3, 0.4) is 0 Å². The second kappa shape index (κ2) is 8.38. The molecule has 5 rings (SSSR count). The molecule has 1 aliphatic rings. The van der Waals surface area contributed by atoms with Gasteiger partial charge in [0.25, 0.3) is 0 Å². The smallest absolute Gasteiger partial charge is 0.338 e. The van der Waals surface area contributed by atoms with E-state index in [-0.39, 0.29) is 6.61 Å². The maximum absolute atomic E-state index is 13.4. The number of fused-ring (bicyclic) bond motifs is 2. The minimum Gasteiger partial charge on any atom is -0.457 e. The van der Waals surface area contributed by atoms with E-state index in [1.54, 1.807) is 4.68 Å². The molecule has 8 nitrogen and oxygen atoms in total. The molecular weight excluding hydrogens is 416 g/mol. The maximum atomic E-state index is 13.4. The summed E-state index contributed by atoms with van der Waals surface area (Å²) in [5.74, 6) is 0.0775. The molecule has 0 radical (unpaired) electrons. The number of esters is 1. The van der Waals surface area contributed by atoms with Crippen LogP contribution in [0.1, 0.15) is 24.1 Å². The molecule has 1 aliphatic heterocycles. The Morgan fingerprint density at radius 3 is 2.52 bits per heavy atom. The summed E-state index contributed by atoms with van der Waals surface area (Å²) in [5.41, 5.74) is 4.09. The second-order valence-corrected chi connectivity index (χ2v) is 8.19. The SMILES string of the molecule is CC1=C(C(=O)OCc2ccccc2)C(c2ccc(N(C)C)c3ccccc23)n2nnnc2N1. The lowest BCUT2D eigenvalue weighted by molar-refractivity contribution is -0.140. The summed E-state index contributed by atoms with van der Waals surface area (Å²) in [6.07, 6.45) is 0. The summed E-state index contributed by atoms with van der Waals surface area (Å²) in [4.78, 5) is 15.5. The summed E-state index contributed by atoms with van der Waals surface area (Å²) in [6, 6.07) is 21.4. The van der Waals surface area contributed by atoms with Crippen molar-refractivity contribution in [2.24, 2.45) is 0 Å². The van der Waals surface area contributed by atoms with Gasteiger partial charge in [-0.15, -0.1) is 0 Å². The number of allylic oxidation sites excluding steroid dienone is 1. The largest absolute Gasteiger partial charge is 0.457 e. The molecule has 0 saturated carbocycles. The van der Waals surface area contributed by atoms with E-state index >= 15 is 0 Å². The lowest BCUT2D eigenvalue weighted by Gasteiger charge is -2.29. The van der Waals surface area contributed by atoms with E-state index in [4.69, 9.17) is 4.74 Å². The number of nitrogens with zero attached hydrogens (tertiary/aromatic N) is 5. The van der Waals surface area contributed by atoms with Crippen LogP contribution in [-0.2, 0) is 16.1 Å². The molecule has 1 unspecified atom stereocenters. The van der Waals surface area contributed by atoms with E-state index < -0.39 is 12.0 Å². The van der Waals surface area contributed by atoms with Crippen LogP contribution in [0.4, 0.5) is 11.6 Å². The minimum atomic E-state index is -0.527. The van der Waals surface area contributed by atoms with Gasteiger partial charge in [0.2, 0.25) is 5.95 Å². The van der Waals surface area contributed by atoms with Crippen molar-refractivity contribution < 1.29 is 9.53 Å². The van der Waals surface area contributed by atoms with Crippen LogP contribution in [0.2, 0.25) is 0 Å². The highest BCUT2D eigenvalue weighted by molar-refractivity contribution is 5.99. The van der Waals surface area contributed by atoms with E-state index in [1.807, 2.05) is 69.6 Å². The third-order valence-electron chi connectivity index (χ3n) is 5.86. The van der Waals surface area contributed by atoms with Crippen LogP contribution >= 0.6 is 0 Å². The van der Waals surface area contributed by atoms with Crippen LogP contribution in [0, 0.1) is 0 Å². The summed E-state index contributed by atoms with van der Waals surface area (Å²) >= 11 is 0. The number of carbonyl (C=O) groups excluding carboxylic acids is 1. The summed E-state index contributed by atoms with van der Waals surface area (Å²) < 4.78 is 7.37. The van der Waals surface area contributed by atoms with E-state index in [0.29, 0.717) is 17.2 Å². The summed E-state index contributed by atoms with van der Waals surface area (Å²) in [7, 11) is 4.03. The standard InChI is InChI=1S/C25H24N6O2/c1-16-22(24(32)33-15-17-9-5-4-6-10-17)23(31-25(26-16)27-28-29-31)20-13-14-21(30(2)3)19-12-8-7-11-18(19)20/h4-14,23H,15H2,1-3H3,(H,26,27,29). The third kappa shape index (κ3) is 3.69. The van der Waals surface area contributed by atoms with E-state index in [1.165, 1.54) is 0 Å². The molecule has 4 aromatic rings. The number of ether oxygens (including phenoxy) is 1. The average molecular weight is 441 g/mol. The molecule has 0 saturated heterocycles. The lowest BCUT2D eigenvalue weighted by Crippen LogP contribution is -2.30. The molecule has 8 heteroatoms. The molecule has 0 bridgehead atoms. The zero-order valence-corrected chi connectivity index (χ0v) is 18.7. The highest BCUT2D eigenvalue weighted by Crippen LogP contribution is 2.40. The Balaban J connectivity index is 1.61. The fraction of sp³-hybridized carbons (Fsp3) is 0.200. The molecule has 1 aromatic heterocycles. The van der Waals surface area contributed by atoms with Crippen LogP contribution in [0.25, 0.3) is 10.8 Å². The zero-order chi connectivity index (χ0) is 22.9. The number of rotatable bonds is 5. The molecule has 0 amide bonds. The molecule has 0 spiro atoms. The molecule has 2 heterocycles. The van der Waals surface area contributed by atoms with Gasteiger partial charge in [0.15, 0.2) is 0 Å². The van der Waals surface area contributed by atoms with Crippen molar-refractivity contribution in [3.63, 3.8) is 0 Å². The Kier molecular flexibility index (Phi) is 5.26. The molecule has 166 valence electrons. The predicted molar refractivity (Wildman–Crippen MR) is 127 cm³/mol. The Morgan fingerprint density at radius 2 is 1.76 bits per heavy atom. The van der Waals surface area contributed by atoms with Crippen LogP contribution in [0.15, 0.2) is 78.0 Å². The minimum absolute atomic E-state index is 0.186. The molecule has 0 aliphatic carbocycles. The number of carbonyl (C=O) groups is 1. The van der Waals surface area contributed by atoms with Gasteiger partial charge in [0.1, 0.15) is 12.6 Å². The van der Waals surface area contributed by atoms with E-state index in [9.17, 15) is 4.79 Å².